The summed E-state index contributed by atoms with van der Waals surface area (Å²) in [7, 11) is 1.64. The summed E-state index contributed by atoms with van der Waals surface area (Å²) in [5, 5.41) is 8.82. The summed E-state index contributed by atoms with van der Waals surface area (Å²) >= 11 is 0. The molecule has 2 aromatic rings. The summed E-state index contributed by atoms with van der Waals surface area (Å²) in [6, 6.07) is 11.7. The van der Waals surface area contributed by atoms with E-state index < -0.39 is 0 Å². The van der Waals surface area contributed by atoms with E-state index in [9.17, 15) is 9.59 Å². The molecule has 1 atom stereocenters. The van der Waals surface area contributed by atoms with E-state index in [-0.39, 0.29) is 30.4 Å². The molecule has 3 aliphatic rings. The van der Waals surface area contributed by atoms with Crippen LogP contribution in [-0.4, -0.2) is 90.9 Å². The number of benzene rings is 1. The van der Waals surface area contributed by atoms with Crippen molar-refractivity contribution in [3.8, 4) is 17.0 Å². The Labute approximate surface area is 206 Å². The Balaban J connectivity index is 1.14. The van der Waals surface area contributed by atoms with Crippen LogP contribution in [0, 0.1) is 5.92 Å². The quantitative estimate of drug-likeness (QED) is 0.574. The lowest BCUT2D eigenvalue weighted by Crippen LogP contribution is -2.53. The van der Waals surface area contributed by atoms with E-state index in [1.165, 1.54) is 0 Å². The summed E-state index contributed by atoms with van der Waals surface area (Å²) in [6.07, 6.45) is 3.91. The maximum absolute atomic E-state index is 13.1. The molecule has 3 heterocycles. The Hall–Kier alpha value is -3.20. The highest BCUT2D eigenvalue weighted by atomic mass is 16.5. The molecule has 0 radical (unpaired) electrons. The fourth-order valence-electron chi connectivity index (χ4n) is 4.71. The van der Waals surface area contributed by atoms with Crippen molar-refractivity contribution < 1.29 is 19.1 Å². The summed E-state index contributed by atoms with van der Waals surface area (Å²) in [6.45, 7) is 3.99. The number of amides is 2. The third kappa shape index (κ3) is 5.73. The van der Waals surface area contributed by atoms with Gasteiger partial charge in [0.05, 0.1) is 25.5 Å². The molecule has 2 amide bonds. The fourth-order valence-corrected chi connectivity index (χ4v) is 4.71. The second-order valence-electron chi connectivity index (χ2n) is 9.50. The first-order valence-electron chi connectivity index (χ1n) is 12.5. The molecule has 9 nitrogen and oxygen atoms in total. The van der Waals surface area contributed by atoms with Crippen molar-refractivity contribution in [3.63, 3.8) is 0 Å². The van der Waals surface area contributed by atoms with Gasteiger partial charge in [0.15, 0.2) is 5.82 Å². The van der Waals surface area contributed by atoms with Crippen LogP contribution in [0.15, 0.2) is 36.4 Å². The standard InChI is InChI=1S/C26H33N5O4/c1-34-21-8-6-19(7-9-21)23-10-11-24(28-27-23)29-12-14-30(15-13-29)25(32)18-31(26(33)20-4-5-20)17-22-3-2-16-35-22/h6-11,20,22H,2-5,12-18H2,1H3. The molecule has 2 saturated heterocycles. The average Bonchev–Trinajstić information content (AvgIpc) is 3.64. The largest absolute Gasteiger partial charge is 0.497 e. The Kier molecular flexibility index (Phi) is 7.13. The molecule has 9 heteroatoms. The van der Waals surface area contributed by atoms with Crippen LogP contribution < -0.4 is 9.64 Å². The Morgan fingerprint density at radius 2 is 1.80 bits per heavy atom. The number of piperazine rings is 1. The van der Waals surface area contributed by atoms with Gasteiger partial charge in [-0.15, -0.1) is 10.2 Å². The number of aromatic nitrogens is 2. The van der Waals surface area contributed by atoms with Gasteiger partial charge in [-0.05, 0) is 62.1 Å². The van der Waals surface area contributed by atoms with E-state index in [4.69, 9.17) is 9.47 Å². The number of ether oxygens (including phenoxy) is 2. The van der Waals surface area contributed by atoms with Crippen LogP contribution in [0.2, 0.25) is 0 Å². The fraction of sp³-hybridized carbons (Fsp3) is 0.538. The van der Waals surface area contributed by atoms with Gasteiger partial charge in [-0.2, -0.15) is 0 Å². The highest BCUT2D eigenvalue weighted by Gasteiger charge is 2.36. The smallest absolute Gasteiger partial charge is 0.242 e. The lowest BCUT2D eigenvalue weighted by atomic mass is 10.1. The zero-order chi connectivity index (χ0) is 24.2. The molecular formula is C26H33N5O4. The number of hydrogen-bond donors (Lipinski definition) is 0. The van der Waals surface area contributed by atoms with Crippen LogP contribution in [0.3, 0.4) is 0 Å². The average molecular weight is 480 g/mol. The molecule has 1 aromatic heterocycles. The van der Waals surface area contributed by atoms with E-state index >= 15 is 0 Å². The lowest BCUT2D eigenvalue weighted by Gasteiger charge is -2.36. The number of carbonyl (C=O) groups excluding carboxylic acids is 2. The van der Waals surface area contributed by atoms with Gasteiger partial charge in [0, 0.05) is 50.8 Å². The van der Waals surface area contributed by atoms with Gasteiger partial charge in [0.2, 0.25) is 11.8 Å². The van der Waals surface area contributed by atoms with Gasteiger partial charge in [0.25, 0.3) is 0 Å². The minimum atomic E-state index is 0.0117. The topological polar surface area (TPSA) is 88.1 Å². The summed E-state index contributed by atoms with van der Waals surface area (Å²) < 4.78 is 10.9. The predicted octanol–water partition coefficient (Wildman–Crippen LogP) is 2.22. The number of carbonyl (C=O) groups is 2. The third-order valence-corrected chi connectivity index (χ3v) is 7.01. The van der Waals surface area contributed by atoms with Gasteiger partial charge in [0.1, 0.15) is 5.75 Å². The molecule has 1 saturated carbocycles. The van der Waals surface area contributed by atoms with Crippen LogP contribution in [0.4, 0.5) is 5.82 Å². The SMILES string of the molecule is COc1ccc(-c2ccc(N3CCN(C(=O)CN(CC4CCCO4)C(=O)C4CC4)CC3)nn2)cc1. The second kappa shape index (κ2) is 10.6. The molecule has 186 valence electrons. The first-order valence-corrected chi connectivity index (χ1v) is 12.5. The maximum atomic E-state index is 13.1. The number of rotatable bonds is 8. The van der Waals surface area contributed by atoms with Gasteiger partial charge >= 0.3 is 0 Å². The Morgan fingerprint density at radius 3 is 2.40 bits per heavy atom. The van der Waals surface area contributed by atoms with Crippen LogP contribution in [-0.2, 0) is 14.3 Å². The van der Waals surface area contributed by atoms with Crippen molar-refractivity contribution in [3.05, 3.63) is 36.4 Å². The molecule has 3 fully saturated rings. The molecule has 1 unspecified atom stereocenters. The van der Waals surface area contributed by atoms with Crippen molar-refractivity contribution in [1.29, 1.82) is 0 Å². The van der Waals surface area contributed by atoms with E-state index in [0.717, 1.165) is 55.1 Å². The number of methoxy groups -OCH3 is 1. The van der Waals surface area contributed by atoms with Crippen molar-refractivity contribution in [1.82, 2.24) is 20.0 Å². The molecular weight excluding hydrogens is 446 g/mol. The molecule has 5 rings (SSSR count). The van der Waals surface area contributed by atoms with Gasteiger partial charge in [-0.25, -0.2) is 0 Å². The van der Waals surface area contributed by atoms with Crippen molar-refractivity contribution >= 4 is 17.6 Å². The van der Waals surface area contributed by atoms with Crippen molar-refractivity contribution in [2.45, 2.75) is 31.8 Å². The minimum Gasteiger partial charge on any atom is -0.497 e. The summed E-state index contributed by atoms with van der Waals surface area (Å²) in [5.74, 6) is 1.83. The highest BCUT2D eigenvalue weighted by Crippen LogP contribution is 2.31. The summed E-state index contributed by atoms with van der Waals surface area (Å²) in [4.78, 5) is 31.6. The second-order valence-corrected chi connectivity index (χ2v) is 9.50. The predicted molar refractivity (Wildman–Crippen MR) is 131 cm³/mol. The third-order valence-electron chi connectivity index (χ3n) is 7.01. The first kappa shape index (κ1) is 23.5. The Morgan fingerprint density at radius 1 is 1.03 bits per heavy atom. The molecule has 0 N–H and O–H groups in total. The van der Waals surface area contributed by atoms with Crippen LogP contribution in [0.1, 0.15) is 25.7 Å². The highest BCUT2D eigenvalue weighted by molar-refractivity contribution is 5.87. The van der Waals surface area contributed by atoms with Crippen LogP contribution >= 0.6 is 0 Å². The van der Waals surface area contributed by atoms with Crippen LogP contribution in [0.25, 0.3) is 11.3 Å². The van der Waals surface area contributed by atoms with E-state index in [1.54, 1.807) is 12.0 Å². The number of hydrogen-bond acceptors (Lipinski definition) is 7. The molecule has 0 spiro atoms. The van der Waals surface area contributed by atoms with Crippen LogP contribution in [0.5, 0.6) is 5.75 Å². The molecule has 2 aliphatic heterocycles. The lowest BCUT2D eigenvalue weighted by molar-refractivity contribution is -0.142. The Bertz CT molecular complexity index is 1010. The summed E-state index contributed by atoms with van der Waals surface area (Å²) in [5.41, 5.74) is 1.78. The van der Waals surface area contributed by atoms with Gasteiger partial charge < -0.3 is 24.2 Å². The zero-order valence-electron chi connectivity index (χ0n) is 20.3. The molecule has 1 aliphatic carbocycles. The van der Waals surface area contributed by atoms with E-state index in [0.29, 0.717) is 32.7 Å². The van der Waals surface area contributed by atoms with Crippen molar-refractivity contribution in [2.75, 3.05) is 57.9 Å². The molecule has 1 aromatic carbocycles. The van der Waals surface area contributed by atoms with Gasteiger partial charge in [-0.3, -0.25) is 9.59 Å². The normalized spacial score (nSPS) is 20.1. The van der Waals surface area contributed by atoms with Gasteiger partial charge in [-0.1, -0.05) is 0 Å². The molecule has 35 heavy (non-hydrogen) atoms. The monoisotopic (exact) mass is 479 g/mol. The zero-order valence-corrected chi connectivity index (χ0v) is 20.3. The van der Waals surface area contributed by atoms with Crippen molar-refractivity contribution in [2.24, 2.45) is 5.92 Å². The molecule has 0 bridgehead atoms. The first-order chi connectivity index (χ1) is 17.1. The minimum absolute atomic E-state index is 0.0117. The maximum Gasteiger partial charge on any atom is 0.242 e. The van der Waals surface area contributed by atoms with E-state index in [1.807, 2.05) is 41.3 Å². The van der Waals surface area contributed by atoms with E-state index in [2.05, 4.69) is 15.1 Å². The number of nitrogens with zero attached hydrogens (tertiary/aromatic N) is 5. The number of anilines is 1.